The van der Waals surface area contributed by atoms with Crippen LogP contribution in [0.2, 0.25) is 0 Å². The number of nitrogens with one attached hydrogen (secondary N) is 2. The minimum atomic E-state index is 0.297. The molecule has 0 aliphatic carbocycles. The summed E-state index contributed by atoms with van der Waals surface area (Å²) in [6.07, 6.45) is 4.28. The number of guanidine groups is 1. The van der Waals surface area contributed by atoms with Gasteiger partial charge in [-0.15, -0.1) is 11.3 Å². The third-order valence-corrected chi connectivity index (χ3v) is 5.97. The lowest BCUT2D eigenvalue weighted by atomic mass is 10.2. The van der Waals surface area contributed by atoms with Crippen molar-refractivity contribution >= 4 is 17.3 Å². The summed E-state index contributed by atoms with van der Waals surface area (Å²) >= 11 is 1.83. The Kier molecular flexibility index (Phi) is 7.85. The fourth-order valence-electron chi connectivity index (χ4n) is 3.41. The molecule has 0 radical (unpaired) electrons. The molecule has 154 valence electrons. The molecule has 1 atom stereocenters. The Hall–Kier alpha value is -1.93. The second kappa shape index (κ2) is 10.6. The molecule has 0 spiro atoms. The zero-order valence-electron chi connectivity index (χ0n) is 17.1. The zero-order valence-corrected chi connectivity index (χ0v) is 18.0. The van der Waals surface area contributed by atoms with Gasteiger partial charge in [0.05, 0.1) is 6.04 Å². The van der Waals surface area contributed by atoms with Crippen LogP contribution in [0, 0.1) is 0 Å². The first-order valence-electron chi connectivity index (χ1n) is 10.2. The molecule has 28 heavy (non-hydrogen) atoms. The van der Waals surface area contributed by atoms with E-state index in [1.165, 1.54) is 30.8 Å². The summed E-state index contributed by atoms with van der Waals surface area (Å²) in [6, 6.07) is 4.79. The summed E-state index contributed by atoms with van der Waals surface area (Å²) in [5.41, 5.74) is 0. The van der Waals surface area contributed by atoms with Crippen molar-refractivity contribution < 1.29 is 4.52 Å². The first-order chi connectivity index (χ1) is 13.7. The largest absolute Gasteiger partial charge is 0.356 e. The molecule has 2 N–H and O–H groups in total. The van der Waals surface area contributed by atoms with E-state index in [0.717, 1.165) is 37.7 Å². The van der Waals surface area contributed by atoms with E-state index in [2.05, 4.69) is 62.0 Å². The van der Waals surface area contributed by atoms with Crippen LogP contribution in [0.3, 0.4) is 0 Å². The van der Waals surface area contributed by atoms with E-state index >= 15 is 0 Å². The highest BCUT2D eigenvalue weighted by atomic mass is 32.1. The van der Waals surface area contributed by atoms with Crippen LogP contribution < -0.4 is 10.6 Å². The van der Waals surface area contributed by atoms with Gasteiger partial charge in [0.15, 0.2) is 11.8 Å². The van der Waals surface area contributed by atoms with Gasteiger partial charge in [0, 0.05) is 37.4 Å². The first kappa shape index (κ1) is 20.8. The summed E-state index contributed by atoms with van der Waals surface area (Å²) in [5.74, 6) is 2.63. The molecule has 3 rings (SSSR count). The average Bonchev–Trinajstić information content (AvgIpc) is 3.46. The van der Waals surface area contributed by atoms with Gasteiger partial charge in [0.2, 0.25) is 5.89 Å². The predicted molar refractivity (Wildman–Crippen MR) is 114 cm³/mol. The van der Waals surface area contributed by atoms with Gasteiger partial charge in [-0.05, 0) is 43.8 Å². The summed E-state index contributed by atoms with van der Waals surface area (Å²) in [7, 11) is 1.82. The molecule has 2 aromatic heterocycles. The highest BCUT2D eigenvalue weighted by molar-refractivity contribution is 7.10. The van der Waals surface area contributed by atoms with E-state index in [4.69, 9.17) is 4.52 Å². The second-order valence-corrected chi connectivity index (χ2v) is 8.44. The third-order valence-electron chi connectivity index (χ3n) is 5.00. The third kappa shape index (κ3) is 5.78. The standard InChI is InChI=1S/C20H32N6OS/c1-15(2)19-24-18(27-25-19)9-6-10-22-20(21-3)23-14-16(17-8-7-13-28-17)26-11-4-5-12-26/h7-8,13,15-16H,4-6,9-12,14H2,1-3H3,(H2,21,22,23). The maximum atomic E-state index is 5.30. The minimum Gasteiger partial charge on any atom is -0.356 e. The molecule has 1 unspecified atom stereocenters. The van der Waals surface area contributed by atoms with E-state index in [9.17, 15) is 0 Å². The number of aliphatic imine (C=N–C) groups is 1. The molecule has 0 bridgehead atoms. The molecule has 1 aliphatic rings. The van der Waals surface area contributed by atoms with Gasteiger partial charge in [-0.3, -0.25) is 9.89 Å². The molecule has 3 heterocycles. The van der Waals surface area contributed by atoms with Crippen molar-refractivity contribution in [3.63, 3.8) is 0 Å². The van der Waals surface area contributed by atoms with E-state index in [1.54, 1.807) is 0 Å². The summed E-state index contributed by atoms with van der Waals surface area (Å²) in [4.78, 5) is 12.8. The van der Waals surface area contributed by atoms with Gasteiger partial charge >= 0.3 is 0 Å². The van der Waals surface area contributed by atoms with Gasteiger partial charge in [0.1, 0.15) is 0 Å². The number of aryl methyl sites for hydroxylation is 1. The van der Waals surface area contributed by atoms with Crippen LogP contribution in [-0.2, 0) is 6.42 Å². The lowest BCUT2D eigenvalue weighted by Gasteiger charge is -2.27. The molecule has 1 aliphatic heterocycles. The van der Waals surface area contributed by atoms with Crippen LogP contribution >= 0.6 is 11.3 Å². The van der Waals surface area contributed by atoms with Crippen LogP contribution in [0.15, 0.2) is 27.0 Å². The molecule has 0 saturated carbocycles. The van der Waals surface area contributed by atoms with Crippen LogP contribution in [0.5, 0.6) is 0 Å². The number of nitrogens with zero attached hydrogens (tertiary/aromatic N) is 4. The Bertz CT molecular complexity index is 721. The smallest absolute Gasteiger partial charge is 0.226 e. The van der Waals surface area contributed by atoms with Crippen molar-refractivity contribution in [2.75, 3.05) is 33.2 Å². The Morgan fingerprint density at radius 2 is 2.14 bits per heavy atom. The Morgan fingerprint density at radius 1 is 1.32 bits per heavy atom. The topological polar surface area (TPSA) is 78.6 Å². The molecule has 0 amide bonds. The van der Waals surface area contributed by atoms with Gasteiger partial charge in [0.25, 0.3) is 0 Å². The van der Waals surface area contributed by atoms with Crippen LogP contribution in [0.1, 0.15) is 61.7 Å². The molecule has 7 nitrogen and oxygen atoms in total. The van der Waals surface area contributed by atoms with E-state index in [1.807, 2.05) is 18.4 Å². The van der Waals surface area contributed by atoms with Crippen molar-refractivity contribution in [1.29, 1.82) is 0 Å². The summed E-state index contributed by atoms with van der Waals surface area (Å²) in [6.45, 7) is 8.17. The highest BCUT2D eigenvalue weighted by Crippen LogP contribution is 2.27. The fourth-order valence-corrected chi connectivity index (χ4v) is 4.27. The molecule has 1 saturated heterocycles. The lowest BCUT2D eigenvalue weighted by molar-refractivity contribution is 0.249. The molecule has 8 heteroatoms. The second-order valence-electron chi connectivity index (χ2n) is 7.46. The molecular weight excluding hydrogens is 372 g/mol. The number of likely N-dealkylation sites (tertiary alicyclic amines) is 1. The molecular formula is C20H32N6OS. The normalized spacial score (nSPS) is 16.6. The van der Waals surface area contributed by atoms with Crippen LogP contribution in [0.4, 0.5) is 0 Å². The zero-order chi connectivity index (χ0) is 19.8. The SMILES string of the molecule is CN=C(NCCCc1nc(C(C)C)no1)NCC(c1cccs1)N1CCCC1. The van der Waals surface area contributed by atoms with Crippen LogP contribution in [-0.4, -0.2) is 54.2 Å². The van der Waals surface area contributed by atoms with Crippen molar-refractivity contribution in [3.05, 3.63) is 34.1 Å². The van der Waals surface area contributed by atoms with E-state index < -0.39 is 0 Å². The number of hydrogen-bond acceptors (Lipinski definition) is 6. The fraction of sp³-hybridized carbons (Fsp3) is 0.650. The Morgan fingerprint density at radius 3 is 2.79 bits per heavy atom. The highest BCUT2D eigenvalue weighted by Gasteiger charge is 2.24. The molecule has 2 aromatic rings. The van der Waals surface area contributed by atoms with Crippen LogP contribution in [0.25, 0.3) is 0 Å². The van der Waals surface area contributed by atoms with Crippen molar-refractivity contribution in [1.82, 2.24) is 25.7 Å². The molecule has 0 aromatic carbocycles. The number of hydrogen-bond donors (Lipinski definition) is 2. The number of aromatic nitrogens is 2. The Labute approximate surface area is 171 Å². The molecule has 1 fully saturated rings. The minimum absolute atomic E-state index is 0.297. The van der Waals surface area contributed by atoms with Crippen molar-refractivity contribution in [2.24, 2.45) is 4.99 Å². The maximum absolute atomic E-state index is 5.30. The quantitative estimate of drug-likeness (QED) is 0.380. The average molecular weight is 405 g/mol. The first-order valence-corrected chi connectivity index (χ1v) is 11.1. The van der Waals surface area contributed by atoms with Gasteiger partial charge in [-0.25, -0.2) is 0 Å². The van der Waals surface area contributed by atoms with E-state index in [0.29, 0.717) is 17.9 Å². The van der Waals surface area contributed by atoms with Gasteiger partial charge in [-0.1, -0.05) is 25.1 Å². The maximum Gasteiger partial charge on any atom is 0.226 e. The number of thiophene rings is 1. The Balaban J connectivity index is 1.43. The summed E-state index contributed by atoms with van der Waals surface area (Å²) in [5, 5.41) is 13.1. The lowest BCUT2D eigenvalue weighted by Crippen LogP contribution is -2.42. The van der Waals surface area contributed by atoms with Gasteiger partial charge < -0.3 is 15.2 Å². The predicted octanol–water partition coefficient (Wildman–Crippen LogP) is 3.19. The van der Waals surface area contributed by atoms with Crippen molar-refractivity contribution in [3.8, 4) is 0 Å². The number of rotatable bonds is 9. The van der Waals surface area contributed by atoms with E-state index in [-0.39, 0.29) is 0 Å². The monoisotopic (exact) mass is 404 g/mol. The van der Waals surface area contributed by atoms with Crippen molar-refractivity contribution in [2.45, 2.75) is 51.5 Å². The van der Waals surface area contributed by atoms with Gasteiger partial charge in [-0.2, -0.15) is 4.98 Å². The summed E-state index contributed by atoms with van der Waals surface area (Å²) < 4.78 is 5.30.